The number of hydrogen-bond acceptors (Lipinski definition) is 7. The van der Waals surface area contributed by atoms with Crippen molar-refractivity contribution in [2.45, 2.75) is 63.7 Å². The van der Waals surface area contributed by atoms with Gasteiger partial charge in [-0.05, 0) is 25.2 Å². The lowest BCUT2D eigenvalue weighted by atomic mass is 10.0. The molecule has 8 N–H and O–H groups in total. The van der Waals surface area contributed by atoms with Crippen molar-refractivity contribution in [3.63, 3.8) is 0 Å². The zero-order valence-electron chi connectivity index (χ0n) is 17.2. The Balaban J connectivity index is 2.92. The lowest BCUT2D eigenvalue weighted by Crippen LogP contribution is -2.57. The van der Waals surface area contributed by atoms with E-state index in [1.807, 2.05) is 0 Å². The maximum absolute atomic E-state index is 12.8. The highest BCUT2D eigenvalue weighted by Gasteiger charge is 2.38. The Morgan fingerprint density at radius 3 is 2.27 bits per heavy atom. The molecular formula is C18H31N5O7. The molecule has 0 aromatic rings. The van der Waals surface area contributed by atoms with Gasteiger partial charge >= 0.3 is 5.97 Å². The van der Waals surface area contributed by atoms with Crippen molar-refractivity contribution >= 4 is 29.6 Å². The van der Waals surface area contributed by atoms with E-state index < -0.39 is 54.5 Å². The van der Waals surface area contributed by atoms with E-state index in [2.05, 4.69) is 10.6 Å². The van der Waals surface area contributed by atoms with Crippen molar-refractivity contribution in [3.8, 4) is 0 Å². The summed E-state index contributed by atoms with van der Waals surface area (Å²) in [6.07, 6.45) is 0.553. The molecule has 0 aromatic heterocycles. The first-order chi connectivity index (χ1) is 14.0. The summed E-state index contributed by atoms with van der Waals surface area (Å²) in [4.78, 5) is 61.3. The molecule has 12 heteroatoms. The highest BCUT2D eigenvalue weighted by molar-refractivity contribution is 5.94. The molecule has 1 aliphatic heterocycles. The minimum Gasteiger partial charge on any atom is -0.480 e. The SMILES string of the molecule is CC(C)C(N)C(=O)N1CCCC1C(=O)NC(CCC(N)=O)C(=O)NC(CO)C(=O)O. The smallest absolute Gasteiger partial charge is 0.328 e. The number of aliphatic hydroxyl groups is 1. The van der Waals surface area contributed by atoms with E-state index >= 15 is 0 Å². The standard InChI is InChI=1S/C18H31N5O7/c1-9(2)14(20)17(28)23-7-3-4-12(23)16(27)21-10(5-6-13(19)25)15(26)22-11(8-24)18(29)30/h9-12,14,24H,3-8,20H2,1-2H3,(H2,19,25)(H,21,27)(H,22,26)(H,29,30). The fraction of sp³-hybridized carbons (Fsp3) is 0.722. The van der Waals surface area contributed by atoms with Crippen molar-refractivity contribution in [2.24, 2.45) is 17.4 Å². The van der Waals surface area contributed by atoms with Crippen LogP contribution in [0.4, 0.5) is 0 Å². The Morgan fingerprint density at radius 1 is 1.13 bits per heavy atom. The number of aliphatic hydroxyl groups excluding tert-OH is 1. The minimum atomic E-state index is -1.57. The first kappa shape index (κ1) is 25.3. The number of nitrogens with two attached hydrogens (primary N) is 2. The number of nitrogens with zero attached hydrogens (tertiary/aromatic N) is 1. The quantitative estimate of drug-likeness (QED) is 0.203. The molecule has 0 radical (unpaired) electrons. The molecule has 0 aliphatic carbocycles. The second-order valence-corrected chi connectivity index (χ2v) is 7.61. The molecule has 0 saturated carbocycles. The first-order valence-electron chi connectivity index (χ1n) is 9.78. The molecule has 1 heterocycles. The van der Waals surface area contributed by atoms with E-state index in [0.29, 0.717) is 19.4 Å². The highest BCUT2D eigenvalue weighted by Crippen LogP contribution is 2.20. The van der Waals surface area contributed by atoms with Gasteiger partial charge in [-0.15, -0.1) is 0 Å². The summed E-state index contributed by atoms with van der Waals surface area (Å²) in [6, 6.07) is -4.44. The number of amides is 4. The van der Waals surface area contributed by atoms with Crippen LogP contribution < -0.4 is 22.1 Å². The van der Waals surface area contributed by atoms with Crippen molar-refractivity contribution < 1.29 is 34.2 Å². The number of primary amides is 1. The average Bonchev–Trinajstić information content (AvgIpc) is 3.17. The van der Waals surface area contributed by atoms with E-state index in [-0.39, 0.29) is 24.7 Å². The number of carbonyl (C=O) groups excluding carboxylic acids is 4. The number of carboxylic acid groups (broad SMARTS) is 1. The van der Waals surface area contributed by atoms with Gasteiger partial charge in [-0.25, -0.2) is 4.79 Å². The molecule has 4 atom stereocenters. The van der Waals surface area contributed by atoms with Gasteiger partial charge in [0.1, 0.15) is 18.1 Å². The van der Waals surface area contributed by atoms with Crippen LogP contribution in [-0.2, 0) is 24.0 Å². The van der Waals surface area contributed by atoms with Crippen LogP contribution in [0.3, 0.4) is 0 Å². The molecular weight excluding hydrogens is 398 g/mol. The predicted molar refractivity (Wildman–Crippen MR) is 105 cm³/mol. The van der Waals surface area contributed by atoms with E-state index in [4.69, 9.17) is 21.7 Å². The Kier molecular flexibility index (Phi) is 9.66. The molecule has 12 nitrogen and oxygen atoms in total. The van der Waals surface area contributed by atoms with Gasteiger partial charge in [0.05, 0.1) is 12.6 Å². The highest BCUT2D eigenvalue weighted by atomic mass is 16.4. The molecule has 170 valence electrons. The van der Waals surface area contributed by atoms with Gasteiger partial charge in [0, 0.05) is 13.0 Å². The van der Waals surface area contributed by atoms with E-state index in [1.165, 1.54) is 4.90 Å². The van der Waals surface area contributed by atoms with Crippen LogP contribution in [0.15, 0.2) is 0 Å². The second-order valence-electron chi connectivity index (χ2n) is 7.61. The molecule has 1 fully saturated rings. The van der Waals surface area contributed by atoms with Crippen molar-refractivity contribution in [2.75, 3.05) is 13.2 Å². The van der Waals surface area contributed by atoms with Gasteiger partial charge in [-0.1, -0.05) is 13.8 Å². The van der Waals surface area contributed by atoms with Gasteiger partial charge in [-0.3, -0.25) is 19.2 Å². The van der Waals surface area contributed by atoms with Crippen molar-refractivity contribution in [1.82, 2.24) is 15.5 Å². The van der Waals surface area contributed by atoms with E-state index in [0.717, 1.165) is 0 Å². The lowest BCUT2D eigenvalue weighted by molar-refractivity contribution is -0.144. The zero-order chi connectivity index (χ0) is 23.0. The number of aliphatic carboxylic acids is 1. The lowest BCUT2D eigenvalue weighted by Gasteiger charge is -2.29. The number of hydrogen-bond donors (Lipinski definition) is 6. The summed E-state index contributed by atoms with van der Waals surface area (Å²) in [5, 5.41) is 22.6. The topological polar surface area (TPSA) is 205 Å². The van der Waals surface area contributed by atoms with Gasteiger partial charge < -0.3 is 37.2 Å². The summed E-state index contributed by atoms with van der Waals surface area (Å²) >= 11 is 0. The summed E-state index contributed by atoms with van der Waals surface area (Å²) in [6.45, 7) is 3.08. The molecule has 0 bridgehead atoms. The number of carboxylic acids is 1. The normalized spacial score (nSPS) is 19.1. The Hall–Kier alpha value is -2.73. The molecule has 1 aliphatic rings. The monoisotopic (exact) mass is 429 g/mol. The maximum atomic E-state index is 12.8. The largest absolute Gasteiger partial charge is 0.480 e. The van der Waals surface area contributed by atoms with Crippen LogP contribution in [0.2, 0.25) is 0 Å². The molecule has 4 amide bonds. The second kappa shape index (κ2) is 11.5. The summed E-state index contributed by atoms with van der Waals surface area (Å²) < 4.78 is 0. The summed E-state index contributed by atoms with van der Waals surface area (Å²) in [5.74, 6) is -4.16. The summed E-state index contributed by atoms with van der Waals surface area (Å²) in [5.41, 5.74) is 11.0. The van der Waals surface area contributed by atoms with Crippen LogP contribution in [-0.4, -0.2) is 82.0 Å². The fourth-order valence-corrected chi connectivity index (χ4v) is 3.06. The van der Waals surface area contributed by atoms with Crippen LogP contribution in [0, 0.1) is 5.92 Å². The fourth-order valence-electron chi connectivity index (χ4n) is 3.06. The molecule has 30 heavy (non-hydrogen) atoms. The van der Waals surface area contributed by atoms with Crippen LogP contribution in [0.1, 0.15) is 39.5 Å². The average molecular weight is 429 g/mol. The minimum absolute atomic E-state index is 0.123. The number of carbonyl (C=O) groups is 5. The van der Waals surface area contributed by atoms with Gasteiger partial charge in [0.15, 0.2) is 0 Å². The third-order valence-electron chi connectivity index (χ3n) is 4.95. The molecule has 0 aromatic carbocycles. The van der Waals surface area contributed by atoms with Gasteiger partial charge in [0.2, 0.25) is 23.6 Å². The van der Waals surface area contributed by atoms with E-state index in [1.54, 1.807) is 13.8 Å². The van der Waals surface area contributed by atoms with Gasteiger partial charge in [-0.2, -0.15) is 0 Å². The molecule has 4 unspecified atom stereocenters. The Labute approximate surface area is 174 Å². The Bertz CT molecular complexity index is 669. The summed E-state index contributed by atoms with van der Waals surface area (Å²) in [7, 11) is 0. The van der Waals surface area contributed by atoms with Crippen LogP contribution in [0.5, 0.6) is 0 Å². The molecule has 0 spiro atoms. The molecule has 1 rings (SSSR count). The molecule has 1 saturated heterocycles. The van der Waals surface area contributed by atoms with Gasteiger partial charge in [0.25, 0.3) is 0 Å². The zero-order valence-corrected chi connectivity index (χ0v) is 17.2. The number of nitrogens with one attached hydrogen (secondary N) is 2. The number of likely N-dealkylation sites (tertiary alicyclic amines) is 1. The maximum Gasteiger partial charge on any atom is 0.328 e. The van der Waals surface area contributed by atoms with Crippen LogP contribution in [0.25, 0.3) is 0 Å². The first-order valence-corrected chi connectivity index (χ1v) is 9.78. The van der Waals surface area contributed by atoms with Crippen LogP contribution >= 0.6 is 0 Å². The Morgan fingerprint density at radius 2 is 1.77 bits per heavy atom. The van der Waals surface area contributed by atoms with E-state index in [9.17, 15) is 24.0 Å². The predicted octanol–water partition coefficient (Wildman–Crippen LogP) is -2.73. The van der Waals surface area contributed by atoms with Crippen molar-refractivity contribution in [1.29, 1.82) is 0 Å². The third-order valence-corrected chi connectivity index (χ3v) is 4.95. The third kappa shape index (κ3) is 6.95. The van der Waals surface area contributed by atoms with Crippen molar-refractivity contribution in [3.05, 3.63) is 0 Å². The number of rotatable bonds is 11.